The Bertz CT molecular complexity index is 2250. The summed E-state index contributed by atoms with van der Waals surface area (Å²) in [4.78, 5) is 0. The van der Waals surface area contributed by atoms with Crippen LogP contribution in [0.3, 0.4) is 0 Å². The fraction of sp³-hybridized carbons (Fsp3) is 0.143. The van der Waals surface area contributed by atoms with Crippen LogP contribution in [0, 0.1) is 62.3 Å². The molecule has 0 aliphatic heterocycles. The van der Waals surface area contributed by atoms with E-state index in [1.165, 1.54) is 97.8 Å². The average molecular weight is 1090 g/mol. The van der Waals surface area contributed by atoms with E-state index in [9.17, 15) is 0 Å². The van der Waals surface area contributed by atoms with Crippen LogP contribution in [0.5, 0.6) is 0 Å². The van der Waals surface area contributed by atoms with Gasteiger partial charge in [0.1, 0.15) is 0 Å². The van der Waals surface area contributed by atoms with Gasteiger partial charge in [-0.2, -0.15) is 0 Å². The quantitative estimate of drug-likeness (QED) is 0.0998. The summed E-state index contributed by atoms with van der Waals surface area (Å²) in [6.45, 7) is 19.3. The van der Waals surface area contributed by atoms with Crippen LogP contribution >= 0.6 is 43.1 Å². The average Bonchev–Trinajstić information content (AvgIpc) is 3.35. The van der Waals surface area contributed by atoms with Gasteiger partial charge in [0.15, 0.2) is 0 Å². The minimum absolute atomic E-state index is 0.346. The fourth-order valence-electron chi connectivity index (χ4n) is 7.59. The Hall–Kier alpha value is -4.53. The molecule has 9 rings (SSSR count). The molecule has 0 radical (unpaired) electrons. The molecule has 0 heterocycles. The van der Waals surface area contributed by atoms with E-state index in [-0.39, 0.29) is 15.1 Å². The van der Waals surface area contributed by atoms with Crippen molar-refractivity contribution in [3.05, 3.63) is 268 Å². The summed E-state index contributed by atoms with van der Waals surface area (Å²) in [6.07, 6.45) is 0. The molecule has 0 nitrogen and oxygen atoms in total. The van der Waals surface area contributed by atoms with Gasteiger partial charge in [-0.15, -0.1) is 0 Å². The third-order valence-electron chi connectivity index (χ3n) is 11.6. The van der Waals surface area contributed by atoms with E-state index in [1.54, 1.807) is 0 Å². The Morgan fingerprint density at radius 2 is 0.261 bits per heavy atom. The fourth-order valence-corrected chi connectivity index (χ4v) is 14.3. The molecule has 0 spiro atoms. The molecule has 0 N–H and O–H groups in total. The Labute approximate surface area is 433 Å². The van der Waals surface area contributed by atoms with E-state index in [0.717, 1.165) is 0 Å². The molecular weight excluding hydrogens is 1020 g/mol. The molecule has 6 heteroatoms. The van der Waals surface area contributed by atoms with Gasteiger partial charge in [-0.05, 0) is 134 Å². The summed E-state index contributed by atoms with van der Waals surface area (Å²) < 4.78 is 0. The number of benzene rings is 9. The van der Waals surface area contributed by atoms with Crippen LogP contribution in [-0.4, -0.2) is 0 Å². The zero-order chi connectivity index (χ0) is 49.3. The zero-order valence-corrected chi connectivity index (χ0v) is 47.2. The predicted molar refractivity (Wildman–Crippen MR) is 310 cm³/mol. The van der Waals surface area contributed by atoms with Crippen LogP contribution in [0.25, 0.3) is 0 Å². The van der Waals surface area contributed by atoms with Crippen molar-refractivity contribution in [2.75, 3.05) is 0 Å². The molecule has 0 atom stereocenters. The first-order valence-corrected chi connectivity index (χ1v) is 31.7. The van der Waals surface area contributed by atoms with E-state index in [1.807, 2.05) is 0 Å². The molecular formula is C63H63Cl2P3Ru. The number of hydrogen-bond acceptors (Lipinski definition) is 0. The summed E-state index contributed by atoms with van der Waals surface area (Å²) in [6, 6.07) is 80.9. The van der Waals surface area contributed by atoms with Crippen molar-refractivity contribution in [3.8, 4) is 0 Å². The Balaban J connectivity index is 0.000000165. The van der Waals surface area contributed by atoms with Crippen molar-refractivity contribution in [1.82, 2.24) is 0 Å². The Morgan fingerprint density at radius 1 is 0.188 bits per heavy atom. The second-order valence-corrected chi connectivity index (χ2v) is 26.9. The SMILES string of the molecule is Cc1ccc(P(c2ccc(C)cc2)c2ccc(C)cc2)cc1.Cc1ccc(P(c2ccc(C)cc2)c2ccc(C)cc2)cc1.Cc1ccc(P(c2ccc(C)cc2)c2ccc(C)cc2)cc1.[Cl][Ru][Cl]. The molecule has 69 heavy (non-hydrogen) atoms. The minimum atomic E-state index is -0.483. The van der Waals surface area contributed by atoms with Crippen molar-refractivity contribution in [1.29, 1.82) is 0 Å². The van der Waals surface area contributed by atoms with Gasteiger partial charge >= 0.3 is 34.5 Å². The molecule has 0 amide bonds. The zero-order valence-electron chi connectivity index (χ0n) is 41.2. The first kappa shape index (κ1) is 53.8. The Kier molecular flexibility index (Phi) is 21.2. The van der Waals surface area contributed by atoms with Gasteiger partial charge in [0.05, 0.1) is 0 Å². The van der Waals surface area contributed by atoms with Gasteiger partial charge in [0, 0.05) is 0 Å². The van der Waals surface area contributed by atoms with Gasteiger partial charge in [-0.3, -0.25) is 0 Å². The third-order valence-corrected chi connectivity index (χ3v) is 19.0. The molecule has 9 aromatic rings. The number of rotatable bonds is 9. The third kappa shape index (κ3) is 16.3. The first-order chi connectivity index (χ1) is 33.3. The van der Waals surface area contributed by atoms with Crippen molar-refractivity contribution in [2.45, 2.75) is 62.3 Å². The van der Waals surface area contributed by atoms with Gasteiger partial charge in [-0.25, -0.2) is 0 Å². The summed E-state index contributed by atoms with van der Waals surface area (Å²) in [5.41, 5.74) is 11.8. The molecule has 0 saturated carbocycles. The maximum atomic E-state index is 4.85. The Morgan fingerprint density at radius 3 is 0.333 bits per heavy atom. The standard InChI is InChI=1S/3C21H21P.2ClH.Ru/c3*1-16-4-10-19(11-5-16)22(20-12-6-17(2)7-13-20)21-14-8-18(3)9-15-21;;;/h3*4-15H,1-3H3;2*1H;/q;;;;;+2/p-2. The monoisotopic (exact) mass is 1080 g/mol. The molecule has 0 aliphatic carbocycles. The first-order valence-electron chi connectivity index (χ1n) is 23.2. The van der Waals surface area contributed by atoms with E-state index >= 15 is 0 Å². The van der Waals surface area contributed by atoms with Crippen LogP contribution in [0.15, 0.2) is 218 Å². The second kappa shape index (κ2) is 27.2. The molecule has 352 valence electrons. The molecule has 0 aliphatic rings. The number of aryl methyl sites for hydroxylation is 9. The van der Waals surface area contributed by atoms with E-state index in [2.05, 4.69) is 281 Å². The number of halogens is 2. The van der Waals surface area contributed by atoms with Crippen molar-refractivity contribution in [2.24, 2.45) is 0 Å². The van der Waals surface area contributed by atoms with Crippen LogP contribution in [-0.2, 0) is 15.1 Å². The molecule has 0 unspecified atom stereocenters. The van der Waals surface area contributed by atoms with Crippen LogP contribution < -0.4 is 47.7 Å². The summed E-state index contributed by atoms with van der Waals surface area (Å²) in [5, 5.41) is 12.7. The van der Waals surface area contributed by atoms with E-state index in [4.69, 9.17) is 19.4 Å². The number of hydrogen-bond donors (Lipinski definition) is 0. The van der Waals surface area contributed by atoms with E-state index < -0.39 is 23.8 Å². The van der Waals surface area contributed by atoms with Gasteiger partial charge < -0.3 is 0 Å². The van der Waals surface area contributed by atoms with Gasteiger partial charge in [0.2, 0.25) is 0 Å². The molecule has 9 aromatic carbocycles. The van der Waals surface area contributed by atoms with Crippen molar-refractivity contribution < 1.29 is 15.1 Å². The topological polar surface area (TPSA) is 0 Å². The van der Waals surface area contributed by atoms with E-state index in [0.29, 0.717) is 0 Å². The van der Waals surface area contributed by atoms with Crippen LogP contribution in [0.4, 0.5) is 0 Å². The summed E-state index contributed by atoms with van der Waals surface area (Å²) >= 11 is -0.346. The van der Waals surface area contributed by atoms with Gasteiger partial charge in [-0.1, -0.05) is 268 Å². The maximum absolute atomic E-state index is 4.85. The van der Waals surface area contributed by atoms with Crippen LogP contribution in [0.1, 0.15) is 50.1 Å². The second-order valence-electron chi connectivity index (χ2n) is 17.6. The molecule has 0 bridgehead atoms. The molecule has 0 aromatic heterocycles. The summed E-state index contributed by atoms with van der Waals surface area (Å²) in [7, 11) is 8.26. The molecule has 0 fully saturated rings. The molecule has 0 saturated heterocycles. The van der Waals surface area contributed by atoms with Crippen LogP contribution in [0.2, 0.25) is 0 Å². The predicted octanol–water partition coefficient (Wildman–Crippen LogP) is 14.5. The van der Waals surface area contributed by atoms with Gasteiger partial charge in [0.25, 0.3) is 0 Å². The summed E-state index contributed by atoms with van der Waals surface area (Å²) in [5.74, 6) is 0. The van der Waals surface area contributed by atoms with Crippen molar-refractivity contribution >= 4 is 90.9 Å². The normalized spacial score (nSPS) is 10.8. The van der Waals surface area contributed by atoms with Crippen molar-refractivity contribution in [3.63, 3.8) is 0 Å².